The largest absolute Gasteiger partial charge is 0.451 e. The molecule has 0 unspecified atom stereocenters. The van der Waals surface area contributed by atoms with Crippen molar-refractivity contribution in [2.24, 2.45) is 5.92 Å². The highest BCUT2D eigenvalue weighted by atomic mass is 19.1. The smallest absolute Gasteiger partial charge is 0.407 e. The zero-order valence-corrected chi connectivity index (χ0v) is 27.7. The normalized spacial score (nSPS) is 20.4. The van der Waals surface area contributed by atoms with Gasteiger partial charge in [-0.2, -0.15) is 5.26 Å². The van der Waals surface area contributed by atoms with E-state index >= 15 is 0 Å². The van der Waals surface area contributed by atoms with Gasteiger partial charge in [0.15, 0.2) is 11.6 Å². The first-order valence-corrected chi connectivity index (χ1v) is 16.9. The molecule has 2 aromatic carbocycles. The van der Waals surface area contributed by atoms with E-state index in [1.54, 1.807) is 24.7 Å². The number of amides is 1. The number of benzene rings is 2. The van der Waals surface area contributed by atoms with E-state index in [2.05, 4.69) is 31.2 Å². The lowest BCUT2D eigenvalue weighted by Crippen LogP contribution is -2.47. The Kier molecular flexibility index (Phi) is 9.92. The lowest BCUT2D eigenvalue weighted by Gasteiger charge is -2.37. The minimum atomic E-state index is -0.480. The van der Waals surface area contributed by atoms with Crippen molar-refractivity contribution in [3.63, 3.8) is 0 Å². The number of ether oxygens (including phenoxy) is 2. The molecule has 3 aliphatic rings. The van der Waals surface area contributed by atoms with Crippen LogP contribution in [0.5, 0.6) is 11.5 Å². The van der Waals surface area contributed by atoms with Crippen LogP contribution >= 0.6 is 0 Å². The Labute approximate surface area is 277 Å². The molecule has 0 atom stereocenters. The summed E-state index contributed by atoms with van der Waals surface area (Å²) in [6, 6.07) is 12.6. The molecule has 1 saturated heterocycles. The maximum absolute atomic E-state index is 14.6. The van der Waals surface area contributed by atoms with Crippen LogP contribution in [0.1, 0.15) is 82.8 Å². The average molecular weight is 641 g/mol. The summed E-state index contributed by atoms with van der Waals surface area (Å²) in [5.74, 6) is 2.50. The summed E-state index contributed by atoms with van der Waals surface area (Å²) in [7, 11) is 0. The number of piperazine rings is 1. The molecule has 2 heterocycles. The Morgan fingerprint density at radius 1 is 1.00 bits per heavy atom. The zero-order chi connectivity index (χ0) is 33.0. The minimum Gasteiger partial charge on any atom is -0.451 e. The first kappa shape index (κ1) is 32.7. The summed E-state index contributed by atoms with van der Waals surface area (Å²) in [6.07, 6.45) is 10.4. The van der Waals surface area contributed by atoms with Gasteiger partial charge in [-0.15, -0.1) is 0 Å². The van der Waals surface area contributed by atoms with Gasteiger partial charge < -0.3 is 19.7 Å². The summed E-state index contributed by atoms with van der Waals surface area (Å²) >= 11 is 0. The van der Waals surface area contributed by atoms with Crippen LogP contribution in [-0.4, -0.2) is 65.3 Å². The molecule has 1 aliphatic heterocycles. The highest BCUT2D eigenvalue weighted by Gasteiger charge is 2.29. The van der Waals surface area contributed by atoms with E-state index in [4.69, 9.17) is 9.47 Å². The molecule has 9 nitrogen and oxygen atoms in total. The van der Waals surface area contributed by atoms with Crippen molar-refractivity contribution in [1.29, 1.82) is 5.26 Å². The molecule has 2 aliphatic carbocycles. The van der Waals surface area contributed by atoms with E-state index < -0.39 is 5.60 Å². The quantitative estimate of drug-likeness (QED) is 0.258. The zero-order valence-electron chi connectivity index (χ0n) is 27.7. The Balaban J connectivity index is 1.04. The van der Waals surface area contributed by atoms with Crippen LogP contribution in [0.2, 0.25) is 0 Å². The molecule has 0 radical (unpaired) electrons. The molecule has 3 aromatic rings. The van der Waals surface area contributed by atoms with Crippen LogP contribution in [0.15, 0.2) is 48.9 Å². The first-order valence-electron chi connectivity index (χ1n) is 16.9. The third-order valence-corrected chi connectivity index (χ3v) is 9.40. The van der Waals surface area contributed by atoms with Gasteiger partial charge >= 0.3 is 6.09 Å². The average Bonchev–Trinajstić information content (AvgIpc) is 3.91. The van der Waals surface area contributed by atoms with Crippen LogP contribution in [-0.2, 0) is 4.74 Å². The van der Waals surface area contributed by atoms with Crippen LogP contribution in [0.25, 0.3) is 11.1 Å². The molecular weight excluding hydrogens is 595 g/mol. The number of aromatic nitrogens is 2. The molecule has 248 valence electrons. The summed E-state index contributed by atoms with van der Waals surface area (Å²) < 4.78 is 26.5. The third-order valence-electron chi connectivity index (χ3n) is 9.40. The number of carbonyl (C=O) groups excluding carboxylic acids is 1. The highest BCUT2D eigenvalue weighted by molar-refractivity contribution is 5.76. The van der Waals surface area contributed by atoms with Crippen LogP contribution in [0.4, 0.5) is 15.0 Å². The van der Waals surface area contributed by atoms with E-state index in [1.807, 2.05) is 32.9 Å². The van der Waals surface area contributed by atoms with Crippen molar-refractivity contribution in [3.05, 3.63) is 65.9 Å². The van der Waals surface area contributed by atoms with Crippen molar-refractivity contribution >= 4 is 11.9 Å². The number of carbonyl (C=O) groups is 1. The molecule has 3 fully saturated rings. The number of alkyl carbamates (subject to hydrolysis) is 1. The molecule has 6 rings (SSSR count). The van der Waals surface area contributed by atoms with Gasteiger partial charge in [-0.25, -0.2) is 19.2 Å². The second-order valence-corrected chi connectivity index (χ2v) is 14.1. The van der Waals surface area contributed by atoms with E-state index in [-0.39, 0.29) is 18.0 Å². The SMILES string of the molecule is CC(C)(C)OC(=O)NC1CCC(CCN2CCN(c3ncncc3Oc3ccc(F)cc3-c3ccc(C#N)cc3C3CC3)CC2)CC1. The lowest BCUT2D eigenvalue weighted by atomic mass is 9.84. The molecule has 0 bridgehead atoms. The summed E-state index contributed by atoms with van der Waals surface area (Å²) in [5.41, 5.74) is 2.73. The van der Waals surface area contributed by atoms with Crippen LogP contribution in [0, 0.1) is 23.1 Å². The molecule has 10 heteroatoms. The van der Waals surface area contributed by atoms with E-state index in [1.165, 1.54) is 12.1 Å². The predicted octanol–water partition coefficient (Wildman–Crippen LogP) is 7.42. The second kappa shape index (κ2) is 14.3. The number of nitrogens with one attached hydrogen (secondary N) is 1. The standard InChI is InChI=1S/C37H45FN6O3/c1-37(2,3)47-36(45)42-29-10-4-25(5-11-29)14-15-43-16-18-44(19-17-43)35-34(23-40-24-41-35)46-33-13-9-28(38)21-32(33)30-12-6-26(22-39)20-31(30)27-7-8-27/h6,9,12-13,20-21,23-25,27,29H,4-5,7-8,10-11,14-19H2,1-3H3,(H,42,45). The van der Waals surface area contributed by atoms with Gasteiger partial charge in [0, 0.05) is 37.8 Å². The van der Waals surface area contributed by atoms with Gasteiger partial charge in [-0.3, -0.25) is 4.90 Å². The fraction of sp³-hybridized carbons (Fsp3) is 0.514. The molecule has 1 N–H and O–H groups in total. The fourth-order valence-corrected chi connectivity index (χ4v) is 6.77. The van der Waals surface area contributed by atoms with Gasteiger partial charge in [0.25, 0.3) is 0 Å². The molecule has 1 aromatic heterocycles. The van der Waals surface area contributed by atoms with Crippen molar-refractivity contribution in [3.8, 4) is 28.7 Å². The van der Waals surface area contributed by atoms with Gasteiger partial charge in [0.2, 0.25) is 0 Å². The number of hydrogen-bond acceptors (Lipinski definition) is 8. The Bertz CT molecular complexity index is 1600. The van der Waals surface area contributed by atoms with Crippen molar-refractivity contribution < 1.29 is 18.7 Å². The van der Waals surface area contributed by atoms with E-state index in [9.17, 15) is 14.4 Å². The Morgan fingerprint density at radius 3 is 2.47 bits per heavy atom. The van der Waals surface area contributed by atoms with Crippen molar-refractivity contribution in [1.82, 2.24) is 20.2 Å². The molecule has 47 heavy (non-hydrogen) atoms. The maximum atomic E-state index is 14.6. The maximum Gasteiger partial charge on any atom is 0.407 e. The van der Waals surface area contributed by atoms with E-state index in [0.29, 0.717) is 34.5 Å². The first-order chi connectivity index (χ1) is 22.6. The molecule has 2 saturated carbocycles. The molecule has 1 amide bonds. The lowest BCUT2D eigenvalue weighted by molar-refractivity contribution is 0.0485. The number of hydrogen-bond donors (Lipinski definition) is 1. The van der Waals surface area contributed by atoms with Gasteiger partial charge in [-0.05, 0) is 126 Å². The fourth-order valence-electron chi connectivity index (χ4n) is 6.77. The predicted molar refractivity (Wildman–Crippen MR) is 179 cm³/mol. The van der Waals surface area contributed by atoms with Gasteiger partial charge in [-0.1, -0.05) is 6.07 Å². The number of anilines is 1. The Morgan fingerprint density at radius 2 is 1.77 bits per heavy atom. The molecule has 0 spiro atoms. The number of rotatable bonds is 9. The summed E-state index contributed by atoms with van der Waals surface area (Å²) in [5, 5.41) is 12.5. The highest BCUT2D eigenvalue weighted by Crippen LogP contribution is 2.47. The monoisotopic (exact) mass is 640 g/mol. The van der Waals surface area contributed by atoms with Crippen LogP contribution in [0.3, 0.4) is 0 Å². The van der Waals surface area contributed by atoms with Crippen molar-refractivity contribution in [2.45, 2.75) is 83.3 Å². The second-order valence-electron chi connectivity index (χ2n) is 14.1. The van der Waals surface area contributed by atoms with Crippen LogP contribution < -0.4 is 15.0 Å². The number of nitrogens with zero attached hydrogens (tertiary/aromatic N) is 5. The van der Waals surface area contributed by atoms with E-state index in [0.717, 1.165) is 94.6 Å². The number of nitriles is 1. The third kappa shape index (κ3) is 8.58. The summed E-state index contributed by atoms with van der Waals surface area (Å²) in [6.45, 7) is 10.2. The van der Waals surface area contributed by atoms with Crippen molar-refractivity contribution in [2.75, 3.05) is 37.6 Å². The van der Waals surface area contributed by atoms with Gasteiger partial charge in [0.1, 0.15) is 23.5 Å². The minimum absolute atomic E-state index is 0.198. The topological polar surface area (TPSA) is 104 Å². The molecular formula is C37H45FN6O3. The number of halogens is 1. The Hall–Kier alpha value is -4.23. The van der Waals surface area contributed by atoms with Gasteiger partial charge in [0.05, 0.1) is 17.8 Å². The summed E-state index contributed by atoms with van der Waals surface area (Å²) in [4.78, 5) is 25.8.